The number of amides is 4. The molecule has 4 rings (SSSR count). The highest BCUT2D eigenvalue weighted by molar-refractivity contribution is 7.14. The van der Waals surface area contributed by atoms with Crippen LogP contribution >= 0.6 is 34.5 Å². The van der Waals surface area contributed by atoms with Crippen molar-refractivity contribution in [2.75, 3.05) is 18.0 Å². The summed E-state index contributed by atoms with van der Waals surface area (Å²) in [5.74, 6) is -0.549. The number of thiazole rings is 1. The number of hydrogen-bond acceptors (Lipinski definition) is 5. The molecule has 0 radical (unpaired) electrons. The number of hydrogen-bond donors (Lipinski definition) is 1. The van der Waals surface area contributed by atoms with Crippen molar-refractivity contribution < 1.29 is 14.4 Å². The summed E-state index contributed by atoms with van der Waals surface area (Å²) in [6.45, 7) is 3.79. The molecular weight excluding hydrogens is 459 g/mol. The fraction of sp³-hybridized carbons (Fsp3) is 0.429. The second kappa shape index (κ2) is 8.41. The Hall–Kier alpha value is -2.16. The fourth-order valence-corrected chi connectivity index (χ4v) is 5.15. The van der Waals surface area contributed by atoms with Crippen LogP contribution in [0.5, 0.6) is 0 Å². The maximum atomic E-state index is 13.1. The van der Waals surface area contributed by atoms with Crippen LogP contribution in [0, 0.1) is 5.92 Å². The molecule has 2 aromatic rings. The number of urea groups is 1. The van der Waals surface area contributed by atoms with Crippen LogP contribution < -0.4 is 10.2 Å². The molecule has 31 heavy (non-hydrogen) atoms. The van der Waals surface area contributed by atoms with Crippen molar-refractivity contribution in [2.45, 2.75) is 38.6 Å². The van der Waals surface area contributed by atoms with E-state index in [-0.39, 0.29) is 24.3 Å². The SMILES string of the molecule is CCCN(C(=O)CN1C(=O)NC(C)(C2CC2)C1=O)c1nc(-c2ccc(Cl)cc2Cl)cs1. The van der Waals surface area contributed by atoms with Gasteiger partial charge in [0.2, 0.25) is 5.91 Å². The molecule has 0 bridgehead atoms. The lowest BCUT2D eigenvalue weighted by molar-refractivity contribution is -0.134. The van der Waals surface area contributed by atoms with Crippen molar-refractivity contribution in [1.29, 1.82) is 0 Å². The van der Waals surface area contributed by atoms with Gasteiger partial charge in [-0.05, 0) is 50.3 Å². The smallest absolute Gasteiger partial charge is 0.323 e. The average Bonchev–Trinajstić information content (AvgIpc) is 3.44. The summed E-state index contributed by atoms with van der Waals surface area (Å²) < 4.78 is 0. The number of aromatic nitrogens is 1. The lowest BCUT2D eigenvalue weighted by atomic mass is 9.96. The van der Waals surface area contributed by atoms with E-state index in [4.69, 9.17) is 23.2 Å². The minimum atomic E-state index is -0.910. The quantitative estimate of drug-likeness (QED) is 0.587. The molecule has 1 aliphatic carbocycles. The Morgan fingerprint density at radius 1 is 1.35 bits per heavy atom. The molecule has 1 atom stereocenters. The topological polar surface area (TPSA) is 82.6 Å². The van der Waals surface area contributed by atoms with Gasteiger partial charge in [0.25, 0.3) is 5.91 Å². The first-order valence-electron chi connectivity index (χ1n) is 10.1. The van der Waals surface area contributed by atoms with Crippen molar-refractivity contribution in [3.8, 4) is 11.3 Å². The molecular formula is C21H22Cl2N4O3S. The fourth-order valence-electron chi connectivity index (χ4n) is 3.78. The maximum absolute atomic E-state index is 13.1. The Morgan fingerprint density at radius 2 is 2.10 bits per heavy atom. The zero-order chi connectivity index (χ0) is 22.3. The second-order valence-corrected chi connectivity index (χ2v) is 9.66. The van der Waals surface area contributed by atoms with E-state index in [1.54, 1.807) is 25.1 Å². The first-order valence-corrected chi connectivity index (χ1v) is 11.7. The molecule has 0 spiro atoms. The molecule has 2 fully saturated rings. The Morgan fingerprint density at radius 3 is 2.74 bits per heavy atom. The van der Waals surface area contributed by atoms with Crippen molar-refractivity contribution in [2.24, 2.45) is 5.92 Å². The Labute approximate surface area is 194 Å². The van der Waals surface area contributed by atoms with Crippen molar-refractivity contribution >= 4 is 57.5 Å². The molecule has 1 aliphatic heterocycles. The molecule has 2 aliphatic rings. The standard InChI is InChI=1S/C21H22Cl2N4O3S/c1-3-8-26(20-24-16(11-31-20)14-7-6-13(22)9-15(14)23)17(28)10-27-18(29)21(2,12-4-5-12)25-19(27)30/h6-7,9,11-12H,3-5,8,10H2,1-2H3,(H,25,30). The van der Waals surface area contributed by atoms with Crippen LogP contribution in [0.4, 0.5) is 9.93 Å². The van der Waals surface area contributed by atoms with Crippen LogP contribution in [-0.2, 0) is 9.59 Å². The van der Waals surface area contributed by atoms with Crippen LogP contribution in [0.2, 0.25) is 10.0 Å². The van der Waals surface area contributed by atoms with Gasteiger partial charge in [-0.25, -0.2) is 9.78 Å². The largest absolute Gasteiger partial charge is 0.325 e. The molecule has 1 N–H and O–H groups in total. The summed E-state index contributed by atoms with van der Waals surface area (Å²) in [5, 5.41) is 6.08. The van der Waals surface area contributed by atoms with E-state index in [9.17, 15) is 14.4 Å². The summed E-state index contributed by atoms with van der Waals surface area (Å²) in [6.07, 6.45) is 2.51. The second-order valence-electron chi connectivity index (χ2n) is 7.98. The lowest BCUT2D eigenvalue weighted by Crippen LogP contribution is -2.47. The summed E-state index contributed by atoms with van der Waals surface area (Å²) in [7, 11) is 0. The van der Waals surface area contributed by atoms with Gasteiger partial charge in [0.05, 0.1) is 10.7 Å². The first-order chi connectivity index (χ1) is 14.7. The van der Waals surface area contributed by atoms with E-state index < -0.39 is 11.6 Å². The van der Waals surface area contributed by atoms with E-state index in [2.05, 4.69) is 10.3 Å². The number of carbonyl (C=O) groups is 3. The zero-order valence-corrected chi connectivity index (χ0v) is 19.5. The van der Waals surface area contributed by atoms with Crippen LogP contribution in [0.1, 0.15) is 33.1 Å². The van der Waals surface area contributed by atoms with Gasteiger partial charge >= 0.3 is 6.03 Å². The van der Waals surface area contributed by atoms with Gasteiger partial charge in [-0.1, -0.05) is 30.1 Å². The number of rotatable bonds is 7. The van der Waals surface area contributed by atoms with Crippen molar-refractivity contribution in [3.63, 3.8) is 0 Å². The number of carbonyl (C=O) groups excluding carboxylic acids is 3. The van der Waals surface area contributed by atoms with Gasteiger partial charge in [-0.3, -0.25) is 19.4 Å². The number of benzene rings is 1. The number of nitrogens with zero attached hydrogens (tertiary/aromatic N) is 3. The number of halogens is 2. The number of imide groups is 1. The third-order valence-electron chi connectivity index (χ3n) is 5.67. The summed E-state index contributed by atoms with van der Waals surface area (Å²) >= 11 is 13.6. The van der Waals surface area contributed by atoms with E-state index in [1.165, 1.54) is 16.2 Å². The predicted molar refractivity (Wildman–Crippen MR) is 122 cm³/mol. The molecule has 1 aromatic carbocycles. The molecule has 1 saturated carbocycles. The molecule has 10 heteroatoms. The maximum Gasteiger partial charge on any atom is 0.325 e. The minimum Gasteiger partial charge on any atom is -0.323 e. The van der Waals surface area contributed by atoms with Gasteiger partial charge in [0, 0.05) is 22.5 Å². The van der Waals surface area contributed by atoms with Crippen molar-refractivity contribution in [3.05, 3.63) is 33.6 Å². The summed E-state index contributed by atoms with van der Waals surface area (Å²) in [5.41, 5.74) is 0.436. The third-order valence-corrected chi connectivity index (χ3v) is 7.08. The Kier molecular flexibility index (Phi) is 5.98. The summed E-state index contributed by atoms with van der Waals surface area (Å²) in [4.78, 5) is 45.5. The van der Waals surface area contributed by atoms with Crippen LogP contribution in [0.25, 0.3) is 11.3 Å². The Balaban J connectivity index is 1.54. The number of nitrogens with one attached hydrogen (secondary N) is 1. The van der Waals surface area contributed by atoms with Crippen LogP contribution in [-0.4, -0.2) is 46.4 Å². The minimum absolute atomic E-state index is 0.140. The average molecular weight is 481 g/mol. The highest BCUT2D eigenvalue weighted by atomic mass is 35.5. The highest BCUT2D eigenvalue weighted by Crippen LogP contribution is 2.42. The summed E-state index contributed by atoms with van der Waals surface area (Å²) in [6, 6.07) is 4.63. The van der Waals surface area contributed by atoms with E-state index in [0.717, 1.165) is 17.7 Å². The predicted octanol–water partition coefficient (Wildman–Crippen LogP) is 4.58. The first kappa shape index (κ1) is 22.0. The van der Waals surface area contributed by atoms with Gasteiger partial charge < -0.3 is 5.32 Å². The molecule has 164 valence electrons. The van der Waals surface area contributed by atoms with Crippen LogP contribution in [0.15, 0.2) is 23.6 Å². The lowest BCUT2D eigenvalue weighted by Gasteiger charge is -2.23. The van der Waals surface area contributed by atoms with E-state index in [1.807, 2.05) is 12.3 Å². The number of anilines is 1. The monoisotopic (exact) mass is 480 g/mol. The Bertz CT molecular complexity index is 1050. The highest BCUT2D eigenvalue weighted by Gasteiger charge is 2.56. The van der Waals surface area contributed by atoms with Crippen LogP contribution in [0.3, 0.4) is 0 Å². The van der Waals surface area contributed by atoms with Crippen molar-refractivity contribution in [1.82, 2.24) is 15.2 Å². The third kappa shape index (κ3) is 4.16. The molecule has 4 amide bonds. The molecule has 2 heterocycles. The van der Waals surface area contributed by atoms with Gasteiger partial charge in [-0.15, -0.1) is 11.3 Å². The normalized spacial score (nSPS) is 20.8. The van der Waals surface area contributed by atoms with E-state index >= 15 is 0 Å². The van der Waals surface area contributed by atoms with Gasteiger partial charge in [-0.2, -0.15) is 0 Å². The molecule has 1 unspecified atom stereocenters. The molecule has 1 saturated heterocycles. The zero-order valence-electron chi connectivity index (χ0n) is 17.2. The molecule has 1 aromatic heterocycles. The molecule has 7 nitrogen and oxygen atoms in total. The van der Waals surface area contributed by atoms with E-state index in [0.29, 0.717) is 39.4 Å². The van der Waals surface area contributed by atoms with Gasteiger partial charge in [0.15, 0.2) is 5.13 Å². The van der Waals surface area contributed by atoms with Gasteiger partial charge in [0.1, 0.15) is 12.1 Å².